The predicted molar refractivity (Wildman–Crippen MR) is 129 cm³/mol. The van der Waals surface area contributed by atoms with Crippen molar-refractivity contribution in [3.8, 4) is 5.69 Å². The number of nitrogens with zero attached hydrogens (tertiary/aromatic N) is 3. The zero-order chi connectivity index (χ0) is 23.4. The molecule has 4 rings (SSSR count). The van der Waals surface area contributed by atoms with E-state index in [2.05, 4.69) is 36.4 Å². The first kappa shape index (κ1) is 22.0. The van der Waals surface area contributed by atoms with Crippen molar-refractivity contribution in [2.75, 3.05) is 10.6 Å². The molecular formula is C26H25N5O2. The van der Waals surface area contributed by atoms with Crippen molar-refractivity contribution in [2.24, 2.45) is 0 Å². The van der Waals surface area contributed by atoms with Gasteiger partial charge in [-0.1, -0.05) is 39.0 Å². The lowest BCUT2D eigenvalue weighted by Crippen LogP contribution is -2.21. The maximum Gasteiger partial charge on any atom is 0.324 e. The monoisotopic (exact) mass is 439 g/mol. The van der Waals surface area contributed by atoms with E-state index in [-0.39, 0.29) is 11.2 Å². The van der Waals surface area contributed by atoms with E-state index in [1.165, 1.54) is 0 Å². The average molecular weight is 440 g/mol. The van der Waals surface area contributed by atoms with Crippen LogP contribution in [0.15, 0.2) is 85.2 Å². The average Bonchev–Trinajstić information content (AvgIpc) is 3.24. The van der Waals surface area contributed by atoms with Crippen molar-refractivity contribution in [1.29, 1.82) is 0 Å². The third-order valence-electron chi connectivity index (χ3n) is 5.07. The molecule has 4 aromatic rings. The van der Waals surface area contributed by atoms with Crippen molar-refractivity contribution in [2.45, 2.75) is 26.2 Å². The van der Waals surface area contributed by atoms with Crippen LogP contribution in [0.2, 0.25) is 0 Å². The van der Waals surface area contributed by atoms with Crippen molar-refractivity contribution < 1.29 is 9.59 Å². The van der Waals surface area contributed by atoms with Gasteiger partial charge >= 0.3 is 6.03 Å². The van der Waals surface area contributed by atoms with Gasteiger partial charge in [0.1, 0.15) is 5.82 Å². The van der Waals surface area contributed by atoms with Crippen LogP contribution in [0.1, 0.15) is 42.4 Å². The largest absolute Gasteiger partial charge is 0.324 e. The van der Waals surface area contributed by atoms with E-state index in [0.717, 1.165) is 11.4 Å². The first-order chi connectivity index (χ1) is 15.8. The molecule has 2 N–H and O–H groups in total. The van der Waals surface area contributed by atoms with Crippen LogP contribution in [0.4, 0.5) is 16.3 Å². The van der Waals surface area contributed by atoms with E-state index in [1.54, 1.807) is 53.5 Å². The Bertz CT molecular complexity index is 1260. The van der Waals surface area contributed by atoms with Crippen LogP contribution in [0.25, 0.3) is 5.69 Å². The number of carbonyl (C=O) groups is 2. The van der Waals surface area contributed by atoms with Gasteiger partial charge in [0.15, 0.2) is 5.78 Å². The zero-order valence-corrected chi connectivity index (χ0v) is 18.7. The topological polar surface area (TPSA) is 88.9 Å². The number of rotatable bonds is 5. The summed E-state index contributed by atoms with van der Waals surface area (Å²) in [5.41, 5.74) is 3.20. The van der Waals surface area contributed by atoms with Crippen LogP contribution in [-0.2, 0) is 5.41 Å². The Labute approximate surface area is 192 Å². The second-order valence-electron chi connectivity index (χ2n) is 8.63. The second-order valence-corrected chi connectivity index (χ2v) is 8.63. The fourth-order valence-electron chi connectivity index (χ4n) is 3.26. The predicted octanol–water partition coefficient (Wildman–Crippen LogP) is 5.44. The highest BCUT2D eigenvalue weighted by molar-refractivity contribution is 6.09. The molecule has 0 atom stereocenters. The summed E-state index contributed by atoms with van der Waals surface area (Å²) in [5.74, 6) is 0.461. The maximum atomic E-state index is 12.7. The molecule has 7 nitrogen and oxygen atoms in total. The van der Waals surface area contributed by atoms with E-state index < -0.39 is 6.03 Å². The van der Waals surface area contributed by atoms with E-state index in [0.29, 0.717) is 22.6 Å². The highest BCUT2D eigenvalue weighted by Gasteiger charge is 2.21. The quantitative estimate of drug-likeness (QED) is 0.405. The summed E-state index contributed by atoms with van der Waals surface area (Å²) >= 11 is 0. The third kappa shape index (κ3) is 5.15. The number of ketones is 1. The highest BCUT2D eigenvalue weighted by Crippen LogP contribution is 2.26. The maximum absolute atomic E-state index is 12.7. The van der Waals surface area contributed by atoms with Gasteiger partial charge in [-0.3, -0.25) is 15.1 Å². The van der Waals surface area contributed by atoms with E-state index in [4.69, 9.17) is 5.10 Å². The minimum Gasteiger partial charge on any atom is -0.308 e. The lowest BCUT2D eigenvalue weighted by Gasteiger charge is -2.14. The highest BCUT2D eigenvalue weighted by atomic mass is 16.2. The molecule has 0 fully saturated rings. The van der Waals surface area contributed by atoms with Crippen LogP contribution >= 0.6 is 0 Å². The number of anilines is 2. The molecule has 166 valence electrons. The van der Waals surface area contributed by atoms with Gasteiger partial charge in [0.2, 0.25) is 0 Å². The summed E-state index contributed by atoms with van der Waals surface area (Å²) in [6, 6.07) is 21.2. The molecule has 0 spiro atoms. The Morgan fingerprint density at radius 3 is 2.09 bits per heavy atom. The number of para-hydroxylation sites is 1. The number of nitrogens with one attached hydrogen (secondary N) is 2. The Balaban J connectivity index is 1.50. The molecule has 33 heavy (non-hydrogen) atoms. The Hall–Kier alpha value is -4.26. The van der Waals surface area contributed by atoms with Crippen LogP contribution in [0.3, 0.4) is 0 Å². The molecule has 2 heterocycles. The lowest BCUT2D eigenvalue weighted by atomic mass is 9.92. The number of benzene rings is 2. The van der Waals surface area contributed by atoms with Gasteiger partial charge in [-0.05, 0) is 48.5 Å². The molecule has 2 amide bonds. The number of urea groups is 1. The molecule has 0 aliphatic rings. The molecule has 0 bridgehead atoms. The summed E-state index contributed by atoms with van der Waals surface area (Å²) < 4.78 is 1.72. The van der Waals surface area contributed by atoms with Gasteiger partial charge in [0, 0.05) is 40.7 Å². The molecule has 0 radical (unpaired) electrons. The fourth-order valence-corrected chi connectivity index (χ4v) is 3.26. The number of pyridine rings is 1. The van der Waals surface area contributed by atoms with Gasteiger partial charge in [-0.15, -0.1) is 0 Å². The summed E-state index contributed by atoms with van der Waals surface area (Å²) in [7, 11) is 0. The van der Waals surface area contributed by atoms with Crippen molar-refractivity contribution in [3.63, 3.8) is 0 Å². The molecular weight excluding hydrogens is 414 g/mol. The number of hydrogen-bond donors (Lipinski definition) is 2. The number of carbonyl (C=O) groups excluding carboxylic acids is 2. The molecule has 0 saturated carbocycles. The van der Waals surface area contributed by atoms with E-state index >= 15 is 0 Å². The smallest absolute Gasteiger partial charge is 0.308 e. The van der Waals surface area contributed by atoms with Crippen LogP contribution in [-0.4, -0.2) is 26.6 Å². The zero-order valence-electron chi connectivity index (χ0n) is 18.7. The van der Waals surface area contributed by atoms with Crippen molar-refractivity contribution in [3.05, 3.63) is 102 Å². The summed E-state index contributed by atoms with van der Waals surface area (Å²) in [5, 5.41) is 10.4. The third-order valence-corrected chi connectivity index (χ3v) is 5.07. The SMILES string of the molecule is CC(C)(C)c1cc(NC(=O)Nc2ccc(C(=O)c3ccncc3)cc2)n(-c2ccccc2)n1. The molecule has 7 heteroatoms. The standard InChI is InChI=1S/C26H25N5O2/c1-26(2,3)22-17-23(31(30-22)21-7-5-4-6-8-21)29-25(33)28-20-11-9-18(10-12-20)24(32)19-13-15-27-16-14-19/h4-17H,1-3H3,(H2,28,29,33). The number of aromatic nitrogens is 3. The first-order valence-corrected chi connectivity index (χ1v) is 10.6. The molecule has 0 saturated heterocycles. The summed E-state index contributed by atoms with van der Waals surface area (Å²) in [6.45, 7) is 6.22. The van der Waals surface area contributed by atoms with Gasteiger partial charge in [-0.2, -0.15) is 5.10 Å². The van der Waals surface area contributed by atoms with Crippen molar-refractivity contribution in [1.82, 2.24) is 14.8 Å². The second kappa shape index (κ2) is 9.08. The Morgan fingerprint density at radius 1 is 0.818 bits per heavy atom. The number of amides is 2. The minimum atomic E-state index is -0.402. The molecule has 0 unspecified atom stereocenters. The number of hydrogen-bond acceptors (Lipinski definition) is 4. The molecule has 2 aromatic carbocycles. The van der Waals surface area contributed by atoms with E-state index in [9.17, 15) is 9.59 Å². The van der Waals surface area contributed by atoms with E-state index in [1.807, 2.05) is 36.4 Å². The fraction of sp³-hybridized carbons (Fsp3) is 0.154. The van der Waals surface area contributed by atoms with Gasteiger partial charge in [0.05, 0.1) is 11.4 Å². The van der Waals surface area contributed by atoms with Gasteiger partial charge in [0.25, 0.3) is 0 Å². The van der Waals surface area contributed by atoms with Crippen LogP contribution < -0.4 is 10.6 Å². The molecule has 0 aliphatic carbocycles. The molecule has 2 aromatic heterocycles. The van der Waals surface area contributed by atoms with Crippen LogP contribution in [0, 0.1) is 0 Å². The van der Waals surface area contributed by atoms with Gasteiger partial charge < -0.3 is 5.32 Å². The summed E-state index contributed by atoms with van der Waals surface area (Å²) in [4.78, 5) is 29.2. The van der Waals surface area contributed by atoms with Gasteiger partial charge in [-0.25, -0.2) is 9.48 Å². The Morgan fingerprint density at radius 2 is 1.45 bits per heavy atom. The lowest BCUT2D eigenvalue weighted by molar-refractivity contribution is 0.103. The normalized spacial score (nSPS) is 11.1. The Kier molecular flexibility index (Phi) is 6.04. The minimum absolute atomic E-state index is 0.102. The first-order valence-electron chi connectivity index (χ1n) is 10.6. The summed E-state index contributed by atoms with van der Waals surface area (Å²) in [6.07, 6.45) is 3.16. The van der Waals surface area contributed by atoms with Crippen LogP contribution in [0.5, 0.6) is 0 Å². The molecule has 0 aliphatic heterocycles. The van der Waals surface area contributed by atoms with Crippen molar-refractivity contribution >= 4 is 23.3 Å².